The van der Waals surface area contributed by atoms with Crippen LogP contribution in [0.5, 0.6) is 0 Å². The molecule has 1 aromatic carbocycles. The standard InChI is InChI=1S/C16H17ClN2O2/c1-21-16(20)19-11-14(9-12-3-2-8-18-10-12)13-4-6-15(17)7-5-13/h2-8,10,14H,9,11H2,1H3,(H,19,20). The van der Waals surface area contributed by atoms with Crippen molar-refractivity contribution in [3.05, 3.63) is 64.9 Å². The van der Waals surface area contributed by atoms with Gasteiger partial charge in [-0.2, -0.15) is 0 Å². The van der Waals surface area contributed by atoms with Gasteiger partial charge in [0.15, 0.2) is 0 Å². The third-order valence-electron chi connectivity index (χ3n) is 3.22. The third kappa shape index (κ3) is 4.76. The summed E-state index contributed by atoms with van der Waals surface area (Å²) in [6, 6.07) is 11.6. The number of methoxy groups -OCH3 is 1. The average molecular weight is 305 g/mol. The van der Waals surface area contributed by atoms with Crippen LogP contribution in [0.15, 0.2) is 48.8 Å². The van der Waals surface area contributed by atoms with Gasteiger partial charge in [0.1, 0.15) is 0 Å². The summed E-state index contributed by atoms with van der Waals surface area (Å²) in [6.07, 6.45) is 3.92. The maximum atomic E-state index is 11.3. The highest BCUT2D eigenvalue weighted by Crippen LogP contribution is 2.22. The van der Waals surface area contributed by atoms with Gasteiger partial charge in [0, 0.05) is 29.9 Å². The van der Waals surface area contributed by atoms with Gasteiger partial charge in [-0.3, -0.25) is 4.98 Å². The Bertz CT molecular complexity index is 573. The molecule has 0 aliphatic carbocycles. The van der Waals surface area contributed by atoms with E-state index >= 15 is 0 Å². The molecule has 1 aromatic heterocycles. The molecule has 0 radical (unpaired) electrons. The van der Waals surface area contributed by atoms with Crippen LogP contribution in [0, 0.1) is 0 Å². The van der Waals surface area contributed by atoms with Gasteiger partial charge in [-0.05, 0) is 35.7 Å². The summed E-state index contributed by atoms with van der Waals surface area (Å²) in [5.41, 5.74) is 2.23. The fourth-order valence-corrected chi connectivity index (χ4v) is 2.25. The number of alkyl carbamates (subject to hydrolysis) is 1. The van der Waals surface area contributed by atoms with Gasteiger partial charge in [0.2, 0.25) is 0 Å². The number of ether oxygens (including phenoxy) is 1. The predicted molar refractivity (Wildman–Crippen MR) is 82.5 cm³/mol. The van der Waals surface area contributed by atoms with Crippen molar-refractivity contribution >= 4 is 17.7 Å². The van der Waals surface area contributed by atoms with Crippen molar-refractivity contribution in [2.24, 2.45) is 0 Å². The summed E-state index contributed by atoms with van der Waals surface area (Å²) in [5, 5.41) is 3.45. The van der Waals surface area contributed by atoms with Gasteiger partial charge in [-0.25, -0.2) is 4.79 Å². The van der Waals surface area contributed by atoms with Crippen LogP contribution in [0.1, 0.15) is 17.0 Å². The first-order chi connectivity index (χ1) is 10.2. The summed E-state index contributed by atoms with van der Waals surface area (Å²) < 4.78 is 4.62. The lowest BCUT2D eigenvalue weighted by atomic mass is 9.92. The topological polar surface area (TPSA) is 51.2 Å². The first-order valence-electron chi connectivity index (χ1n) is 6.65. The Balaban J connectivity index is 2.13. The Morgan fingerprint density at radius 1 is 1.33 bits per heavy atom. The van der Waals surface area contributed by atoms with Crippen LogP contribution in [0.2, 0.25) is 5.02 Å². The van der Waals surface area contributed by atoms with E-state index in [-0.39, 0.29) is 5.92 Å². The van der Waals surface area contributed by atoms with Gasteiger partial charge in [-0.1, -0.05) is 29.8 Å². The zero-order valence-electron chi connectivity index (χ0n) is 11.8. The lowest BCUT2D eigenvalue weighted by Crippen LogP contribution is -2.29. The largest absolute Gasteiger partial charge is 0.453 e. The minimum atomic E-state index is -0.430. The predicted octanol–water partition coefficient (Wildman–Crippen LogP) is 3.42. The van der Waals surface area contributed by atoms with Crippen molar-refractivity contribution in [2.45, 2.75) is 12.3 Å². The highest BCUT2D eigenvalue weighted by molar-refractivity contribution is 6.30. The van der Waals surface area contributed by atoms with Crippen LogP contribution in [0.25, 0.3) is 0 Å². The monoisotopic (exact) mass is 304 g/mol. The van der Waals surface area contributed by atoms with Crippen molar-refractivity contribution in [3.8, 4) is 0 Å². The maximum absolute atomic E-state index is 11.3. The summed E-state index contributed by atoms with van der Waals surface area (Å²) in [5.74, 6) is 0.130. The van der Waals surface area contributed by atoms with Crippen LogP contribution in [-0.2, 0) is 11.2 Å². The number of pyridine rings is 1. The van der Waals surface area contributed by atoms with Crippen LogP contribution in [0.4, 0.5) is 4.79 Å². The third-order valence-corrected chi connectivity index (χ3v) is 3.48. The molecule has 4 nitrogen and oxygen atoms in total. The summed E-state index contributed by atoms with van der Waals surface area (Å²) in [6.45, 7) is 0.489. The summed E-state index contributed by atoms with van der Waals surface area (Å²) >= 11 is 5.93. The Kier molecular flexibility index (Phi) is 5.58. The van der Waals surface area contributed by atoms with Gasteiger partial charge in [-0.15, -0.1) is 0 Å². The van der Waals surface area contributed by atoms with Crippen molar-refractivity contribution in [3.63, 3.8) is 0 Å². The number of benzene rings is 1. The number of aromatic nitrogens is 1. The second-order valence-electron chi connectivity index (χ2n) is 4.69. The molecule has 2 rings (SSSR count). The highest BCUT2D eigenvalue weighted by atomic mass is 35.5. The number of nitrogens with one attached hydrogen (secondary N) is 1. The van der Waals surface area contributed by atoms with E-state index in [0.29, 0.717) is 11.6 Å². The lowest BCUT2D eigenvalue weighted by molar-refractivity contribution is 0.170. The van der Waals surface area contributed by atoms with E-state index in [9.17, 15) is 4.79 Å². The molecule has 0 saturated heterocycles. The van der Waals surface area contributed by atoms with E-state index in [2.05, 4.69) is 15.0 Å². The number of amides is 1. The van der Waals surface area contributed by atoms with E-state index in [1.165, 1.54) is 7.11 Å². The van der Waals surface area contributed by atoms with Gasteiger partial charge >= 0.3 is 6.09 Å². The number of hydrogen-bond acceptors (Lipinski definition) is 3. The van der Waals surface area contributed by atoms with E-state index in [4.69, 9.17) is 11.6 Å². The smallest absolute Gasteiger partial charge is 0.406 e. The number of rotatable bonds is 5. The Morgan fingerprint density at radius 2 is 2.10 bits per heavy atom. The van der Waals surface area contributed by atoms with E-state index in [1.54, 1.807) is 6.20 Å². The summed E-state index contributed by atoms with van der Waals surface area (Å²) in [4.78, 5) is 15.4. The normalized spacial score (nSPS) is 11.7. The highest BCUT2D eigenvalue weighted by Gasteiger charge is 2.14. The molecule has 1 unspecified atom stereocenters. The molecule has 0 aliphatic heterocycles. The van der Waals surface area contributed by atoms with Crippen LogP contribution < -0.4 is 5.32 Å². The average Bonchev–Trinajstić information content (AvgIpc) is 2.53. The zero-order valence-corrected chi connectivity index (χ0v) is 12.5. The molecule has 0 fully saturated rings. The first-order valence-corrected chi connectivity index (χ1v) is 7.03. The second kappa shape index (κ2) is 7.64. The zero-order chi connectivity index (χ0) is 15.1. The molecule has 1 amide bonds. The molecule has 1 N–H and O–H groups in total. The molecule has 2 aromatic rings. The summed E-state index contributed by atoms with van der Waals surface area (Å²) in [7, 11) is 1.35. The van der Waals surface area contributed by atoms with Crippen molar-refractivity contribution in [1.29, 1.82) is 0 Å². The van der Waals surface area contributed by atoms with Gasteiger partial charge < -0.3 is 10.1 Å². The molecule has 0 bridgehead atoms. The molecule has 1 heterocycles. The van der Waals surface area contributed by atoms with E-state index in [1.807, 2.05) is 42.6 Å². The van der Waals surface area contributed by atoms with Crippen LogP contribution in [-0.4, -0.2) is 24.7 Å². The first kappa shape index (κ1) is 15.3. The van der Waals surface area contributed by atoms with Crippen LogP contribution in [0.3, 0.4) is 0 Å². The van der Waals surface area contributed by atoms with Gasteiger partial charge in [0.05, 0.1) is 7.11 Å². The molecule has 21 heavy (non-hydrogen) atoms. The minimum absolute atomic E-state index is 0.130. The molecular formula is C16H17ClN2O2. The van der Waals surface area contributed by atoms with Crippen molar-refractivity contribution < 1.29 is 9.53 Å². The van der Waals surface area contributed by atoms with Crippen molar-refractivity contribution in [1.82, 2.24) is 10.3 Å². The second-order valence-corrected chi connectivity index (χ2v) is 5.12. The van der Waals surface area contributed by atoms with E-state index in [0.717, 1.165) is 17.5 Å². The fourth-order valence-electron chi connectivity index (χ4n) is 2.12. The van der Waals surface area contributed by atoms with Crippen molar-refractivity contribution in [2.75, 3.05) is 13.7 Å². The Morgan fingerprint density at radius 3 is 2.71 bits per heavy atom. The number of nitrogens with zero attached hydrogens (tertiary/aromatic N) is 1. The van der Waals surface area contributed by atoms with Crippen LogP contribution >= 0.6 is 11.6 Å². The van der Waals surface area contributed by atoms with Gasteiger partial charge in [0.25, 0.3) is 0 Å². The molecule has 1 atom stereocenters. The SMILES string of the molecule is COC(=O)NCC(Cc1cccnc1)c1ccc(Cl)cc1. The number of hydrogen-bond donors (Lipinski definition) is 1. The quantitative estimate of drug-likeness (QED) is 0.921. The molecular weight excluding hydrogens is 288 g/mol. The molecule has 0 saturated carbocycles. The Labute approximate surface area is 129 Å². The minimum Gasteiger partial charge on any atom is -0.453 e. The molecule has 110 valence electrons. The fraction of sp³-hybridized carbons (Fsp3) is 0.250. The number of carbonyl (C=O) groups is 1. The molecule has 5 heteroatoms. The lowest BCUT2D eigenvalue weighted by Gasteiger charge is -2.18. The number of halogens is 1. The van der Waals surface area contributed by atoms with E-state index < -0.39 is 6.09 Å². The number of carbonyl (C=O) groups excluding carboxylic acids is 1. The maximum Gasteiger partial charge on any atom is 0.406 e. The molecule has 0 spiro atoms. The molecule has 0 aliphatic rings. The Hall–Kier alpha value is -2.07.